The summed E-state index contributed by atoms with van der Waals surface area (Å²) in [4.78, 5) is 32.6. The SMILES string of the molecule is COC(=O)C[C@@H](C(C)=O)c1ccc([N+](=O)[O-])cc1. The molecule has 6 nitrogen and oxygen atoms in total. The van der Waals surface area contributed by atoms with Crippen molar-refractivity contribution in [1.82, 2.24) is 0 Å². The predicted octanol–water partition coefficient (Wildman–Crippen LogP) is 1.83. The van der Waals surface area contributed by atoms with Crippen LogP contribution in [0.4, 0.5) is 5.69 Å². The molecule has 0 heterocycles. The van der Waals surface area contributed by atoms with Crippen LogP contribution in [0.5, 0.6) is 0 Å². The lowest BCUT2D eigenvalue weighted by atomic mass is 9.92. The number of rotatable bonds is 5. The molecule has 1 rings (SSSR count). The van der Waals surface area contributed by atoms with Gasteiger partial charge >= 0.3 is 5.97 Å². The Kier molecular flexibility index (Phi) is 4.53. The summed E-state index contributed by atoms with van der Waals surface area (Å²) in [7, 11) is 1.25. The van der Waals surface area contributed by atoms with E-state index in [1.807, 2.05) is 0 Å². The maximum atomic E-state index is 11.5. The van der Waals surface area contributed by atoms with Gasteiger partial charge in [0.2, 0.25) is 0 Å². The maximum Gasteiger partial charge on any atom is 0.306 e. The molecule has 0 aliphatic carbocycles. The van der Waals surface area contributed by atoms with E-state index >= 15 is 0 Å². The molecule has 0 aliphatic heterocycles. The number of hydrogen-bond acceptors (Lipinski definition) is 5. The average molecular weight is 251 g/mol. The first kappa shape index (κ1) is 13.8. The molecule has 1 aromatic rings. The average Bonchev–Trinajstić information content (AvgIpc) is 2.35. The highest BCUT2D eigenvalue weighted by Crippen LogP contribution is 2.23. The Hall–Kier alpha value is -2.24. The molecule has 96 valence electrons. The van der Waals surface area contributed by atoms with E-state index in [1.165, 1.54) is 38.3 Å². The molecular weight excluding hydrogens is 238 g/mol. The minimum Gasteiger partial charge on any atom is -0.469 e. The van der Waals surface area contributed by atoms with Crippen LogP contribution in [0.2, 0.25) is 0 Å². The van der Waals surface area contributed by atoms with Crippen LogP contribution in [0.1, 0.15) is 24.8 Å². The van der Waals surface area contributed by atoms with Gasteiger partial charge in [0, 0.05) is 12.1 Å². The fraction of sp³-hybridized carbons (Fsp3) is 0.333. The topological polar surface area (TPSA) is 86.5 Å². The monoisotopic (exact) mass is 251 g/mol. The van der Waals surface area contributed by atoms with Crippen LogP contribution in [-0.2, 0) is 14.3 Å². The van der Waals surface area contributed by atoms with Gasteiger partial charge in [-0.1, -0.05) is 12.1 Å². The fourth-order valence-corrected chi connectivity index (χ4v) is 1.57. The molecule has 0 unspecified atom stereocenters. The summed E-state index contributed by atoms with van der Waals surface area (Å²) in [5.41, 5.74) is 0.512. The van der Waals surface area contributed by atoms with Gasteiger partial charge in [-0.2, -0.15) is 0 Å². The quantitative estimate of drug-likeness (QED) is 0.452. The van der Waals surface area contributed by atoms with Crippen molar-refractivity contribution in [2.45, 2.75) is 19.3 Å². The van der Waals surface area contributed by atoms with Crippen LogP contribution < -0.4 is 0 Å². The van der Waals surface area contributed by atoms with E-state index in [1.54, 1.807) is 0 Å². The largest absolute Gasteiger partial charge is 0.469 e. The van der Waals surface area contributed by atoms with Crippen molar-refractivity contribution in [3.63, 3.8) is 0 Å². The smallest absolute Gasteiger partial charge is 0.306 e. The number of nitro benzene ring substituents is 1. The molecule has 0 aromatic heterocycles. The summed E-state index contributed by atoms with van der Waals surface area (Å²) in [5, 5.41) is 10.5. The Morgan fingerprint density at radius 2 is 1.89 bits per heavy atom. The van der Waals surface area contributed by atoms with Crippen LogP contribution in [0.15, 0.2) is 24.3 Å². The Labute approximate surface area is 104 Å². The zero-order valence-corrected chi connectivity index (χ0v) is 10.1. The Morgan fingerprint density at radius 3 is 2.28 bits per heavy atom. The molecule has 0 aliphatic rings. The number of nitro groups is 1. The summed E-state index contributed by atoms with van der Waals surface area (Å²) in [6.07, 6.45) is -0.0658. The molecule has 0 bridgehead atoms. The summed E-state index contributed by atoms with van der Waals surface area (Å²) >= 11 is 0. The van der Waals surface area contributed by atoms with Gasteiger partial charge < -0.3 is 4.74 Å². The van der Waals surface area contributed by atoms with Gasteiger partial charge in [-0.3, -0.25) is 19.7 Å². The van der Waals surface area contributed by atoms with Crippen LogP contribution in [0.3, 0.4) is 0 Å². The van der Waals surface area contributed by atoms with Crippen molar-refractivity contribution in [1.29, 1.82) is 0 Å². The number of esters is 1. The summed E-state index contributed by atoms with van der Waals surface area (Å²) < 4.78 is 4.51. The molecule has 0 saturated carbocycles. The number of hydrogen-bond donors (Lipinski definition) is 0. The van der Waals surface area contributed by atoms with Gasteiger partial charge in [0.25, 0.3) is 5.69 Å². The zero-order chi connectivity index (χ0) is 13.7. The lowest BCUT2D eigenvalue weighted by Gasteiger charge is -2.12. The number of carbonyl (C=O) groups is 2. The first-order valence-electron chi connectivity index (χ1n) is 5.27. The second-order valence-electron chi connectivity index (χ2n) is 3.79. The van der Waals surface area contributed by atoms with Crippen LogP contribution in [-0.4, -0.2) is 23.8 Å². The van der Waals surface area contributed by atoms with E-state index in [-0.39, 0.29) is 17.9 Å². The minimum absolute atomic E-state index is 0.0564. The van der Waals surface area contributed by atoms with Crippen molar-refractivity contribution < 1.29 is 19.2 Å². The second kappa shape index (κ2) is 5.90. The molecule has 0 radical (unpaired) electrons. The highest BCUT2D eigenvalue weighted by molar-refractivity contribution is 5.88. The summed E-state index contributed by atoms with van der Waals surface area (Å²) in [5.74, 6) is -1.30. The zero-order valence-electron chi connectivity index (χ0n) is 10.1. The normalized spacial score (nSPS) is 11.7. The van der Waals surface area contributed by atoms with E-state index < -0.39 is 16.8 Å². The third-order valence-electron chi connectivity index (χ3n) is 2.60. The Morgan fingerprint density at radius 1 is 1.33 bits per heavy atom. The highest BCUT2D eigenvalue weighted by Gasteiger charge is 2.21. The van der Waals surface area contributed by atoms with E-state index in [4.69, 9.17) is 0 Å². The maximum absolute atomic E-state index is 11.5. The van der Waals surface area contributed by atoms with Gasteiger partial charge in [0.05, 0.1) is 24.4 Å². The first-order valence-corrected chi connectivity index (χ1v) is 5.27. The molecule has 1 aromatic carbocycles. The summed E-state index contributed by atoms with van der Waals surface area (Å²) in [6, 6.07) is 5.57. The van der Waals surface area contributed by atoms with Crippen molar-refractivity contribution in [2.75, 3.05) is 7.11 Å². The number of methoxy groups -OCH3 is 1. The number of carbonyl (C=O) groups excluding carboxylic acids is 2. The number of ether oxygens (including phenoxy) is 1. The van der Waals surface area contributed by atoms with Gasteiger partial charge in [-0.15, -0.1) is 0 Å². The molecule has 0 amide bonds. The van der Waals surface area contributed by atoms with Crippen molar-refractivity contribution in [3.05, 3.63) is 39.9 Å². The Bertz CT molecular complexity index is 466. The molecule has 6 heteroatoms. The molecule has 0 saturated heterocycles. The number of nitrogens with zero attached hydrogens (tertiary/aromatic N) is 1. The summed E-state index contributed by atoms with van der Waals surface area (Å²) in [6.45, 7) is 1.37. The van der Waals surface area contributed by atoms with Crippen LogP contribution >= 0.6 is 0 Å². The van der Waals surface area contributed by atoms with Gasteiger partial charge in [0.1, 0.15) is 5.78 Å². The molecule has 0 fully saturated rings. The molecule has 18 heavy (non-hydrogen) atoms. The van der Waals surface area contributed by atoms with E-state index in [0.717, 1.165) is 0 Å². The number of ketones is 1. The van der Waals surface area contributed by atoms with Gasteiger partial charge in [-0.25, -0.2) is 0 Å². The number of Topliss-reactive ketones (excluding diaryl/α,β-unsaturated/α-hetero) is 1. The van der Waals surface area contributed by atoms with Crippen LogP contribution in [0, 0.1) is 10.1 Å². The molecule has 1 atom stereocenters. The van der Waals surface area contributed by atoms with Crippen molar-refractivity contribution >= 4 is 17.4 Å². The van der Waals surface area contributed by atoms with E-state index in [0.29, 0.717) is 5.56 Å². The third-order valence-corrected chi connectivity index (χ3v) is 2.60. The fourth-order valence-electron chi connectivity index (χ4n) is 1.57. The molecule has 0 spiro atoms. The van der Waals surface area contributed by atoms with Gasteiger partial charge in [-0.05, 0) is 12.5 Å². The van der Waals surface area contributed by atoms with Crippen molar-refractivity contribution in [3.8, 4) is 0 Å². The lowest BCUT2D eigenvalue weighted by molar-refractivity contribution is -0.384. The number of benzene rings is 1. The van der Waals surface area contributed by atoms with Crippen LogP contribution in [0.25, 0.3) is 0 Å². The number of non-ortho nitro benzene ring substituents is 1. The third kappa shape index (κ3) is 3.38. The molecule has 0 N–H and O–H groups in total. The van der Waals surface area contributed by atoms with Crippen molar-refractivity contribution in [2.24, 2.45) is 0 Å². The second-order valence-corrected chi connectivity index (χ2v) is 3.79. The minimum atomic E-state index is -0.627. The van der Waals surface area contributed by atoms with E-state index in [9.17, 15) is 19.7 Å². The molecular formula is C12H13NO5. The van der Waals surface area contributed by atoms with Gasteiger partial charge in [0.15, 0.2) is 0 Å². The standard InChI is InChI=1S/C12H13NO5/c1-8(14)11(7-12(15)18-2)9-3-5-10(6-4-9)13(16)17/h3-6,11H,7H2,1-2H3/t11-/m0/s1. The lowest BCUT2D eigenvalue weighted by Crippen LogP contribution is -2.15. The predicted molar refractivity (Wildman–Crippen MR) is 63.2 cm³/mol. The Balaban J connectivity index is 2.96. The van der Waals surface area contributed by atoms with E-state index in [2.05, 4.69) is 4.74 Å². The first-order chi connectivity index (χ1) is 8.45. The highest BCUT2D eigenvalue weighted by atomic mass is 16.6.